The summed E-state index contributed by atoms with van der Waals surface area (Å²) in [6.45, 7) is 5.69. The zero-order valence-corrected chi connectivity index (χ0v) is 19.3. The van der Waals surface area contributed by atoms with Gasteiger partial charge in [-0.15, -0.1) is 15.3 Å². The molecule has 0 N–H and O–H groups in total. The standard InChI is InChI=1S/C24H27N7O3/c1-3-33-24(32)17-8-6-14-30(15-17)21-11-10-19-26-27-20(31(19)28-21)12-13-22-25-23(29-34-22)18-9-5-4-7-16(18)2/h4-5,7,9-11,17H,3,6,8,12-15H2,1-2H3. The third-order valence-corrected chi connectivity index (χ3v) is 6.10. The Hall–Kier alpha value is -3.82. The van der Waals surface area contributed by atoms with E-state index in [0.717, 1.165) is 36.3 Å². The van der Waals surface area contributed by atoms with Crippen LogP contribution in [0.2, 0.25) is 0 Å². The summed E-state index contributed by atoms with van der Waals surface area (Å²) in [6.07, 6.45) is 2.83. The molecule has 4 heterocycles. The van der Waals surface area contributed by atoms with Crippen molar-refractivity contribution in [2.24, 2.45) is 5.92 Å². The van der Waals surface area contributed by atoms with Gasteiger partial charge in [-0.2, -0.15) is 9.50 Å². The Morgan fingerprint density at radius 3 is 2.91 bits per heavy atom. The SMILES string of the molecule is CCOC(=O)C1CCCN(c2ccc3nnc(CCc4nc(-c5ccccc5C)no4)n3n2)C1. The molecule has 0 spiro atoms. The van der Waals surface area contributed by atoms with Crippen LogP contribution in [-0.2, 0) is 22.4 Å². The first-order valence-corrected chi connectivity index (χ1v) is 11.6. The van der Waals surface area contributed by atoms with Gasteiger partial charge in [-0.25, -0.2) is 0 Å². The molecule has 1 unspecified atom stereocenters. The molecular formula is C24H27N7O3. The van der Waals surface area contributed by atoms with E-state index in [9.17, 15) is 4.79 Å². The second-order valence-corrected chi connectivity index (χ2v) is 8.44. The predicted octanol–water partition coefficient (Wildman–Crippen LogP) is 3.05. The molecule has 1 aliphatic heterocycles. The molecule has 10 heteroatoms. The Kier molecular flexibility index (Phi) is 6.20. The highest BCUT2D eigenvalue weighted by molar-refractivity contribution is 5.73. The van der Waals surface area contributed by atoms with Gasteiger partial charge in [0.2, 0.25) is 11.7 Å². The number of carbonyl (C=O) groups is 1. The van der Waals surface area contributed by atoms with Gasteiger partial charge >= 0.3 is 5.97 Å². The lowest BCUT2D eigenvalue weighted by Crippen LogP contribution is -2.40. The van der Waals surface area contributed by atoms with Crippen LogP contribution in [0, 0.1) is 12.8 Å². The summed E-state index contributed by atoms with van der Waals surface area (Å²) in [4.78, 5) is 18.9. The van der Waals surface area contributed by atoms with E-state index >= 15 is 0 Å². The number of rotatable bonds is 7. The fraction of sp³-hybridized carbons (Fsp3) is 0.417. The first kappa shape index (κ1) is 22.0. The molecule has 1 fully saturated rings. The quantitative estimate of drug-likeness (QED) is 0.383. The molecule has 1 aromatic carbocycles. The Balaban J connectivity index is 1.30. The number of nitrogens with zero attached hydrogens (tertiary/aromatic N) is 7. The van der Waals surface area contributed by atoms with Crippen molar-refractivity contribution in [3.63, 3.8) is 0 Å². The first-order chi connectivity index (χ1) is 16.6. The zero-order valence-electron chi connectivity index (χ0n) is 19.3. The number of aryl methyl sites for hydroxylation is 3. The largest absolute Gasteiger partial charge is 0.466 e. The molecule has 0 saturated carbocycles. The molecule has 0 bridgehead atoms. The van der Waals surface area contributed by atoms with Gasteiger partial charge < -0.3 is 14.2 Å². The molecule has 1 atom stereocenters. The maximum Gasteiger partial charge on any atom is 0.310 e. The average Bonchev–Trinajstić information content (AvgIpc) is 3.50. The lowest BCUT2D eigenvalue weighted by Gasteiger charge is -2.32. The Morgan fingerprint density at radius 2 is 2.06 bits per heavy atom. The van der Waals surface area contributed by atoms with Crippen LogP contribution in [-0.4, -0.2) is 55.6 Å². The van der Waals surface area contributed by atoms with Crippen LogP contribution in [0.3, 0.4) is 0 Å². The van der Waals surface area contributed by atoms with Crippen LogP contribution in [0.15, 0.2) is 40.9 Å². The van der Waals surface area contributed by atoms with E-state index in [0.29, 0.717) is 49.2 Å². The summed E-state index contributed by atoms with van der Waals surface area (Å²) in [5.41, 5.74) is 2.72. The lowest BCUT2D eigenvalue weighted by atomic mass is 9.98. The third kappa shape index (κ3) is 4.48. The van der Waals surface area contributed by atoms with Gasteiger partial charge in [0, 0.05) is 31.5 Å². The number of ether oxygens (including phenoxy) is 1. The molecule has 3 aromatic heterocycles. The number of hydrogen-bond donors (Lipinski definition) is 0. The first-order valence-electron chi connectivity index (χ1n) is 11.6. The van der Waals surface area contributed by atoms with E-state index in [-0.39, 0.29) is 11.9 Å². The highest BCUT2D eigenvalue weighted by Crippen LogP contribution is 2.23. The Labute approximate surface area is 196 Å². The van der Waals surface area contributed by atoms with E-state index < -0.39 is 0 Å². The van der Waals surface area contributed by atoms with E-state index in [1.165, 1.54) is 0 Å². The Bertz CT molecular complexity index is 1300. The van der Waals surface area contributed by atoms with E-state index in [4.69, 9.17) is 14.4 Å². The number of piperidine rings is 1. The minimum absolute atomic E-state index is 0.133. The molecule has 5 rings (SSSR count). The van der Waals surface area contributed by atoms with Crippen LogP contribution in [0.25, 0.3) is 17.0 Å². The minimum Gasteiger partial charge on any atom is -0.466 e. The molecular weight excluding hydrogens is 434 g/mol. The maximum absolute atomic E-state index is 12.2. The van der Waals surface area contributed by atoms with E-state index in [1.54, 1.807) is 4.52 Å². The van der Waals surface area contributed by atoms with Crippen molar-refractivity contribution >= 4 is 17.4 Å². The molecule has 176 valence electrons. The molecule has 0 aliphatic carbocycles. The minimum atomic E-state index is -0.136. The number of anilines is 1. The Morgan fingerprint density at radius 1 is 1.18 bits per heavy atom. The number of esters is 1. The third-order valence-electron chi connectivity index (χ3n) is 6.10. The van der Waals surface area contributed by atoms with Gasteiger partial charge in [-0.1, -0.05) is 29.4 Å². The summed E-state index contributed by atoms with van der Waals surface area (Å²) >= 11 is 0. The number of fused-ring (bicyclic) bond motifs is 1. The second-order valence-electron chi connectivity index (χ2n) is 8.44. The summed E-state index contributed by atoms with van der Waals surface area (Å²) in [7, 11) is 0. The van der Waals surface area contributed by atoms with Gasteiger partial charge in [0.15, 0.2) is 11.5 Å². The van der Waals surface area contributed by atoms with Crippen molar-refractivity contribution in [3.05, 3.63) is 53.7 Å². The van der Waals surface area contributed by atoms with Crippen LogP contribution < -0.4 is 4.90 Å². The molecule has 4 aromatic rings. The molecule has 1 saturated heterocycles. The van der Waals surface area contributed by atoms with Gasteiger partial charge in [0.1, 0.15) is 5.82 Å². The number of hydrogen-bond acceptors (Lipinski definition) is 9. The summed E-state index contributed by atoms with van der Waals surface area (Å²) < 4.78 is 12.4. The lowest BCUT2D eigenvalue weighted by molar-refractivity contribution is -0.148. The van der Waals surface area contributed by atoms with Crippen molar-refractivity contribution in [2.75, 3.05) is 24.6 Å². The van der Waals surface area contributed by atoms with E-state index in [1.807, 2.05) is 50.2 Å². The summed E-state index contributed by atoms with van der Waals surface area (Å²) in [5, 5.41) is 17.5. The fourth-order valence-corrected chi connectivity index (χ4v) is 4.29. The second kappa shape index (κ2) is 9.58. The number of benzene rings is 1. The van der Waals surface area contributed by atoms with Crippen molar-refractivity contribution < 1.29 is 14.1 Å². The monoisotopic (exact) mass is 461 g/mol. The van der Waals surface area contributed by atoms with Crippen LogP contribution in [0.5, 0.6) is 0 Å². The van der Waals surface area contributed by atoms with E-state index in [2.05, 4.69) is 25.2 Å². The van der Waals surface area contributed by atoms with Crippen molar-refractivity contribution in [1.29, 1.82) is 0 Å². The highest BCUT2D eigenvalue weighted by atomic mass is 16.5. The van der Waals surface area contributed by atoms with Gasteiger partial charge in [-0.05, 0) is 44.4 Å². The number of carbonyl (C=O) groups excluding carboxylic acids is 1. The summed E-state index contributed by atoms with van der Waals surface area (Å²) in [5.74, 6) is 2.36. The molecule has 0 radical (unpaired) electrons. The van der Waals surface area contributed by atoms with Crippen molar-refractivity contribution in [1.82, 2.24) is 30.0 Å². The molecule has 1 aliphatic rings. The number of aromatic nitrogens is 6. The smallest absolute Gasteiger partial charge is 0.310 e. The predicted molar refractivity (Wildman–Crippen MR) is 124 cm³/mol. The van der Waals surface area contributed by atoms with Gasteiger partial charge in [0.25, 0.3) is 0 Å². The normalized spacial score (nSPS) is 16.2. The van der Waals surface area contributed by atoms with Crippen LogP contribution in [0.1, 0.15) is 37.0 Å². The molecule has 10 nitrogen and oxygen atoms in total. The van der Waals surface area contributed by atoms with Crippen molar-refractivity contribution in [2.45, 2.75) is 39.5 Å². The average molecular weight is 462 g/mol. The molecule has 34 heavy (non-hydrogen) atoms. The fourth-order valence-electron chi connectivity index (χ4n) is 4.29. The zero-order chi connectivity index (χ0) is 23.5. The van der Waals surface area contributed by atoms with Gasteiger partial charge in [-0.3, -0.25) is 4.79 Å². The van der Waals surface area contributed by atoms with Crippen LogP contribution >= 0.6 is 0 Å². The highest BCUT2D eigenvalue weighted by Gasteiger charge is 2.28. The topological polar surface area (TPSA) is 112 Å². The maximum atomic E-state index is 12.2. The van der Waals surface area contributed by atoms with Crippen LogP contribution in [0.4, 0.5) is 5.82 Å². The van der Waals surface area contributed by atoms with Crippen molar-refractivity contribution in [3.8, 4) is 11.4 Å². The summed E-state index contributed by atoms with van der Waals surface area (Å²) in [6, 6.07) is 11.8. The van der Waals surface area contributed by atoms with Gasteiger partial charge in [0.05, 0.1) is 12.5 Å². The molecule has 0 amide bonds.